The first-order valence-electron chi connectivity index (χ1n) is 6.13. The number of methoxy groups -OCH3 is 1. The number of hydrogen-bond donors (Lipinski definition) is 1. The van der Waals surface area contributed by atoms with E-state index in [9.17, 15) is 4.79 Å². The Balaban J connectivity index is 1.96. The van der Waals surface area contributed by atoms with Crippen LogP contribution in [-0.4, -0.2) is 24.3 Å². The zero-order valence-electron chi connectivity index (χ0n) is 11.5. The first-order chi connectivity index (χ1) is 9.58. The van der Waals surface area contributed by atoms with Crippen molar-refractivity contribution in [2.45, 2.75) is 20.0 Å². The molecule has 1 N–H and O–H groups in total. The summed E-state index contributed by atoms with van der Waals surface area (Å²) in [4.78, 5) is 11.9. The molecule has 1 aromatic carbocycles. The van der Waals surface area contributed by atoms with E-state index in [0.29, 0.717) is 23.1 Å². The van der Waals surface area contributed by atoms with Gasteiger partial charge in [-0.3, -0.25) is 4.79 Å². The van der Waals surface area contributed by atoms with Gasteiger partial charge in [-0.05, 0) is 26.0 Å². The fourth-order valence-electron chi connectivity index (χ4n) is 1.59. The molecule has 20 heavy (non-hydrogen) atoms. The van der Waals surface area contributed by atoms with E-state index in [1.807, 2.05) is 0 Å². The third-order valence-corrected chi connectivity index (χ3v) is 2.60. The summed E-state index contributed by atoms with van der Waals surface area (Å²) in [5.41, 5.74) is 0. The molecule has 0 aliphatic rings. The van der Waals surface area contributed by atoms with Crippen LogP contribution in [0.1, 0.15) is 12.7 Å². The molecular weight excluding hydrogens is 260 g/mol. The van der Waals surface area contributed by atoms with E-state index in [2.05, 4.69) is 10.5 Å². The van der Waals surface area contributed by atoms with Crippen LogP contribution in [-0.2, 0) is 4.79 Å². The molecule has 2 aromatic rings. The van der Waals surface area contributed by atoms with Gasteiger partial charge in [-0.1, -0.05) is 11.2 Å². The van der Waals surface area contributed by atoms with Gasteiger partial charge in [-0.15, -0.1) is 0 Å². The lowest BCUT2D eigenvalue weighted by molar-refractivity contribution is -0.122. The third kappa shape index (κ3) is 3.50. The van der Waals surface area contributed by atoms with Gasteiger partial charge >= 0.3 is 0 Å². The number of carbonyl (C=O) groups is 1. The summed E-state index contributed by atoms with van der Waals surface area (Å²) < 4.78 is 15.5. The fraction of sp³-hybridized carbons (Fsp3) is 0.286. The summed E-state index contributed by atoms with van der Waals surface area (Å²) >= 11 is 0. The van der Waals surface area contributed by atoms with Gasteiger partial charge < -0.3 is 19.3 Å². The highest BCUT2D eigenvalue weighted by Gasteiger charge is 2.16. The second-order valence-electron chi connectivity index (χ2n) is 4.25. The minimum atomic E-state index is -0.667. The number of nitrogens with one attached hydrogen (secondary N) is 1. The first-order valence-corrected chi connectivity index (χ1v) is 6.13. The highest BCUT2D eigenvalue weighted by molar-refractivity contribution is 5.93. The molecule has 0 radical (unpaired) electrons. The standard InChI is InChI=1S/C14H16N2O4/c1-9-7-13(16-20-9)15-14(17)10(2)19-12-6-4-5-11(8-12)18-3/h4-8,10H,1-3H3,(H,15,16,17). The highest BCUT2D eigenvalue weighted by atomic mass is 16.5. The van der Waals surface area contributed by atoms with Gasteiger partial charge in [-0.2, -0.15) is 0 Å². The Bertz CT molecular complexity index is 594. The number of nitrogens with zero attached hydrogens (tertiary/aromatic N) is 1. The number of aromatic nitrogens is 1. The predicted octanol–water partition coefficient (Wildman–Crippen LogP) is 2.40. The Morgan fingerprint density at radius 1 is 1.35 bits per heavy atom. The number of ether oxygens (including phenoxy) is 2. The van der Waals surface area contributed by atoms with Crippen molar-refractivity contribution in [3.05, 3.63) is 36.1 Å². The van der Waals surface area contributed by atoms with Crippen molar-refractivity contribution < 1.29 is 18.8 Å². The van der Waals surface area contributed by atoms with Gasteiger partial charge in [0.1, 0.15) is 17.3 Å². The number of benzene rings is 1. The summed E-state index contributed by atoms with van der Waals surface area (Å²) in [5.74, 6) is 1.92. The zero-order chi connectivity index (χ0) is 14.5. The molecule has 1 heterocycles. The average molecular weight is 276 g/mol. The Morgan fingerprint density at radius 2 is 2.10 bits per heavy atom. The minimum absolute atomic E-state index is 0.305. The lowest BCUT2D eigenvalue weighted by Gasteiger charge is -2.14. The predicted molar refractivity (Wildman–Crippen MR) is 73.0 cm³/mol. The van der Waals surface area contributed by atoms with Crippen LogP contribution in [0, 0.1) is 6.92 Å². The molecule has 0 aliphatic heterocycles. The van der Waals surface area contributed by atoms with Gasteiger partial charge in [0.25, 0.3) is 5.91 Å². The fourth-order valence-corrected chi connectivity index (χ4v) is 1.59. The molecule has 1 unspecified atom stereocenters. The molecule has 2 rings (SSSR count). The lowest BCUT2D eigenvalue weighted by atomic mass is 10.3. The van der Waals surface area contributed by atoms with Crippen LogP contribution < -0.4 is 14.8 Å². The molecule has 0 spiro atoms. The van der Waals surface area contributed by atoms with Crippen LogP contribution in [0.25, 0.3) is 0 Å². The number of anilines is 1. The van der Waals surface area contributed by atoms with Crippen molar-refractivity contribution in [1.82, 2.24) is 5.16 Å². The highest BCUT2D eigenvalue weighted by Crippen LogP contribution is 2.20. The van der Waals surface area contributed by atoms with E-state index in [0.717, 1.165) is 0 Å². The summed E-state index contributed by atoms with van der Waals surface area (Å²) in [5, 5.41) is 6.30. The monoisotopic (exact) mass is 276 g/mol. The molecule has 1 atom stereocenters. The molecule has 1 aromatic heterocycles. The van der Waals surface area contributed by atoms with Crippen LogP contribution in [0.5, 0.6) is 11.5 Å². The molecule has 6 nitrogen and oxygen atoms in total. The average Bonchev–Trinajstić information content (AvgIpc) is 2.84. The molecule has 0 bridgehead atoms. The quantitative estimate of drug-likeness (QED) is 0.907. The zero-order valence-corrected chi connectivity index (χ0v) is 11.5. The Labute approximate surface area is 116 Å². The van der Waals surface area contributed by atoms with Crippen LogP contribution >= 0.6 is 0 Å². The summed E-state index contributed by atoms with van der Waals surface area (Å²) in [6, 6.07) is 8.70. The van der Waals surface area contributed by atoms with Crippen molar-refractivity contribution in [1.29, 1.82) is 0 Å². The van der Waals surface area contributed by atoms with Crippen LogP contribution in [0.3, 0.4) is 0 Å². The largest absolute Gasteiger partial charge is 0.497 e. The van der Waals surface area contributed by atoms with Gasteiger partial charge in [0, 0.05) is 12.1 Å². The third-order valence-electron chi connectivity index (χ3n) is 2.60. The smallest absolute Gasteiger partial charge is 0.266 e. The van der Waals surface area contributed by atoms with Gasteiger partial charge in [-0.25, -0.2) is 0 Å². The van der Waals surface area contributed by atoms with Crippen molar-refractivity contribution in [2.24, 2.45) is 0 Å². The molecule has 0 saturated carbocycles. The van der Waals surface area contributed by atoms with E-state index in [1.165, 1.54) is 0 Å². The Kier molecular flexibility index (Phi) is 4.24. The SMILES string of the molecule is COc1cccc(OC(C)C(=O)Nc2cc(C)on2)c1. The number of rotatable bonds is 5. The molecular formula is C14H16N2O4. The molecule has 6 heteroatoms. The maximum atomic E-state index is 11.9. The Morgan fingerprint density at radius 3 is 2.75 bits per heavy atom. The minimum Gasteiger partial charge on any atom is -0.497 e. The number of amides is 1. The van der Waals surface area contributed by atoms with Crippen LogP contribution in [0.2, 0.25) is 0 Å². The topological polar surface area (TPSA) is 73.6 Å². The maximum Gasteiger partial charge on any atom is 0.266 e. The number of hydrogen-bond acceptors (Lipinski definition) is 5. The first kappa shape index (κ1) is 13.9. The van der Waals surface area contributed by atoms with E-state index in [4.69, 9.17) is 14.0 Å². The lowest BCUT2D eigenvalue weighted by Crippen LogP contribution is -2.30. The molecule has 106 valence electrons. The number of carbonyl (C=O) groups excluding carboxylic acids is 1. The molecule has 0 saturated heterocycles. The Hall–Kier alpha value is -2.50. The van der Waals surface area contributed by atoms with E-state index in [1.54, 1.807) is 51.3 Å². The van der Waals surface area contributed by atoms with Gasteiger partial charge in [0.15, 0.2) is 11.9 Å². The van der Waals surface area contributed by atoms with E-state index >= 15 is 0 Å². The van der Waals surface area contributed by atoms with Crippen LogP contribution in [0.4, 0.5) is 5.82 Å². The van der Waals surface area contributed by atoms with Crippen molar-refractivity contribution in [3.8, 4) is 11.5 Å². The molecule has 0 fully saturated rings. The van der Waals surface area contributed by atoms with E-state index in [-0.39, 0.29) is 5.91 Å². The normalized spacial score (nSPS) is 11.8. The van der Waals surface area contributed by atoms with Crippen molar-refractivity contribution >= 4 is 11.7 Å². The number of aryl methyl sites for hydroxylation is 1. The van der Waals surface area contributed by atoms with Gasteiger partial charge in [0.05, 0.1) is 7.11 Å². The maximum absolute atomic E-state index is 11.9. The van der Waals surface area contributed by atoms with Crippen molar-refractivity contribution in [3.63, 3.8) is 0 Å². The van der Waals surface area contributed by atoms with E-state index < -0.39 is 6.10 Å². The second-order valence-corrected chi connectivity index (χ2v) is 4.25. The summed E-state index contributed by atoms with van der Waals surface area (Å²) in [6.45, 7) is 3.40. The second kappa shape index (κ2) is 6.10. The van der Waals surface area contributed by atoms with Gasteiger partial charge in [0.2, 0.25) is 0 Å². The molecule has 1 amide bonds. The summed E-state index contributed by atoms with van der Waals surface area (Å²) in [7, 11) is 1.57. The molecule has 0 aliphatic carbocycles. The summed E-state index contributed by atoms with van der Waals surface area (Å²) in [6.07, 6.45) is -0.667. The van der Waals surface area contributed by atoms with Crippen molar-refractivity contribution in [2.75, 3.05) is 12.4 Å². The van der Waals surface area contributed by atoms with Crippen LogP contribution in [0.15, 0.2) is 34.9 Å².